The topological polar surface area (TPSA) is 92.6 Å². The first-order chi connectivity index (χ1) is 16.2. The number of amides is 1. The van der Waals surface area contributed by atoms with E-state index in [2.05, 4.69) is 9.97 Å². The van der Waals surface area contributed by atoms with Crippen LogP contribution in [0.3, 0.4) is 0 Å². The van der Waals surface area contributed by atoms with Crippen molar-refractivity contribution in [2.75, 3.05) is 32.6 Å². The number of thioether (sulfide) groups is 1. The number of rotatable bonds is 7. The molecule has 3 aromatic rings. The van der Waals surface area contributed by atoms with Crippen molar-refractivity contribution in [1.82, 2.24) is 14.9 Å². The first-order valence-corrected chi connectivity index (χ1v) is 12.0. The average Bonchev–Trinajstić information content (AvgIpc) is 3.49. The number of aromatic nitrogens is 2. The molecule has 1 aliphatic rings. The molecule has 1 atom stereocenters. The van der Waals surface area contributed by atoms with Gasteiger partial charge in [-0.05, 0) is 18.2 Å². The van der Waals surface area contributed by atoms with Gasteiger partial charge in [-0.1, -0.05) is 30.0 Å². The third-order valence-electron chi connectivity index (χ3n) is 5.60. The van der Waals surface area contributed by atoms with Gasteiger partial charge in [-0.15, -0.1) is 11.3 Å². The number of ketones is 1. The van der Waals surface area contributed by atoms with Crippen molar-refractivity contribution in [3.63, 3.8) is 0 Å². The summed E-state index contributed by atoms with van der Waals surface area (Å²) in [7, 11) is 1.53. The molecule has 0 radical (unpaired) electrons. The second-order valence-electron chi connectivity index (χ2n) is 7.66. The molecule has 1 aliphatic heterocycles. The standard InChI is InChI=1S/C22H20F3N3O4S2/c1-32-21(8-9-28(12-21)18(31)10-29)17-7-6-16(34-17)15(30)11-33-19-13-4-2-3-5-14(13)26-20(27-19)22(23,24)25/h2-7,29H,8-12H2,1H3. The molecule has 0 spiro atoms. The van der Waals surface area contributed by atoms with Crippen molar-refractivity contribution < 1.29 is 32.6 Å². The summed E-state index contributed by atoms with van der Waals surface area (Å²) in [6.07, 6.45) is -4.18. The molecular formula is C22H20F3N3O4S2. The first kappa shape index (κ1) is 24.6. The van der Waals surface area contributed by atoms with Gasteiger partial charge in [0.25, 0.3) is 0 Å². The quantitative estimate of drug-likeness (QED) is 0.293. The minimum absolute atomic E-state index is 0.0883. The Morgan fingerprint density at radius 2 is 2.00 bits per heavy atom. The number of methoxy groups -OCH3 is 1. The number of alkyl halides is 3. The Bertz CT molecular complexity index is 1230. The highest BCUT2D eigenvalue weighted by molar-refractivity contribution is 8.00. The van der Waals surface area contributed by atoms with Crippen LogP contribution in [0.15, 0.2) is 41.4 Å². The molecule has 12 heteroatoms. The van der Waals surface area contributed by atoms with Crippen LogP contribution < -0.4 is 0 Å². The maximum absolute atomic E-state index is 13.2. The number of likely N-dealkylation sites (tertiary alicyclic amines) is 1. The van der Waals surface area contributed by atoms with Crippen LogP contribution in [-0.4, -0.2) is 64.2 Å². The molecule has 0 saturated carbocycles. The molecule has 7 nitrogen and oxygen atoms in total. The van der Waals surface area contributed by atoms with Crippen LogP contribution in [0.25, 0.3) is 10.9 Å². The summed E-state index contributed by atoms with van der Waals surface area (Å²) in [5.41, 5.74) is -0.616. The summed E-state index contributed by atoms with van der Waals surface area (Å²) in [5, 5.41) is 9.65. The Hall–Kier alpha value is -2.54. The minimum Gasteiger partial charge on any atom is -0.387 e. The molecule has 4 rings (SSSR count). The molecule has 1 amide bonds. The molecule has 0 bridgehead atoms. The number of aliphatic hydroxyl groups is 1. The largest absolute Gasteiger partial charge is 0.451 e. The van der Waals surface area contributed by atoms with Gasteiger partial charge in [0, 0.05) is 30.3 Å². The number of hydrogen-bond acceptors (Lipinski definition) is 8. The molecule has 180 valence electrons. The number of carbonyl (C=O) groups excluding carboxylic acids is 2. The number of aliphatic hydroxyl groups excluding tert-OH is 1. The lowest BCUT2D eigenvalue weighted by atomic mass is 10.0. The Kier molecular flexibility index (Phi) is 6.94. The highest BCUT2D eigenvalue weighted by Gasteiger charge is 2.43. The smallest absolute Gasteiger partial charge is 0.387 e. The lowest BCUT2D eigenvalue weighted by Crippen LogP contribution is -2.36. The zero-order valence-corrected chi connectivity index (χ0v) is 19.6. The second-order valence-corrected chi connectivity index (χ2v) is 9.71. The van der Waals surface area contributed by atoms with Crippen LogP contribution in [-0.2, 0) is 21.3 Å². The fraction of sp³-hybridized carbons (Fsp3) is 0.364. The highest BCUT2D eigenvalue weighted by atomic mass is 32.2. The van der Waals surface area contributed by atoms with E-state index in [0.29, 0.717) is 23.2 Å². The molecule has 1 saturated heterocycles. The number of thiophene rings is 1. The third-order valence-corrected chi connectivity index (χ3v) is 7.91. The predicted molar refractivity (Wildman–Crippen MR) is 121 cm³/mol. The van der Waals surface area contributed by atoms with Crippen molar-refractivity contribution in [2.45, 2.75) is 23.2 Å². The maximum atomic E-state index is 13.2. The molecule has 34 heavy (non-hydrogen) atoms. The Morgan fingerprint density at radius 3 is 2.71 bits per heavy atom. The molecule has 1 N–H and O–H groups in total. The van der Waals surface area contributed by atoms with Crippen LogP contribution >= 0.6 is 23.1 Å². The van der Waals surface area contributed by atoms with E-state index in [9.17, 15) is 22.8 Å². The zero-order chi connectivity index (χ0) is 24.5. The summed E-state index contributed by atoms with van der Waals surface area (Å²) < 4.78 is 45.4. The number of halogens is 3. The van der Waals surface area contributed by atoms with E-state index >= 15 is 0 Å². The molecule has 0 aliphatic carbocycles. The van der Waals surface area contributed by atoms with Crippen molar-refractivity contribution in [3.8, 4) is 0 Å². The van der Waals surface area contributed by atoms with Crippen LogP contribution in [0, 0.1) is 0 Å². The van der Waals surface area contributed by atoms with E-state index in [1.165, 1.54) is 29.4 Å². The fourth-order valence-corrected chi connectivity index (χ4v) is 5.91. The van der Waals surface area contributed by atoms with Crippen molar-refractivity contribution in [2.24, 2.45) is 0 Å². The van der Waals surface area contributed by atoms with Crippen molar-refractivity contribution >= 4 is 45.7 Å². The van der Waals surface area contributed by atoms with Crippen molar-refractivity contribution in [1.29, 1.82) is 0 Å². The summed E-state index contributed by atoms with van der Waals surface area (Å²) in [6, 6.07) is 9.77. The number of benzene rings is 1. The number of nitrogens with zero attached hydrogens (tertiary/aromatic N) is 3. The van der Waals surface area contributed by atoms with Gasteiger partial charge in [0.05, 0.1) is 22.7 Å². The van der Waals surface area contributed by atoms with Gasteiger partial charge in [0.15, 0.2) is 5.78 Å². The van der Waals surface area contributed by atoms with Gasteiger partial charge in [0.1, 0.15) is 17.2 Å². The lowest BCUT2D eigenvalue weighted by Gasteiger charge is -2.26. The Morgan fingerprint density at radius 1 is 1.24 bits per heavy atom. The van der Waals surface area contributed by atoms with Gasteiger partial charge >= 0.3 is 6.18 Å². The van der Waals surface area contributed by atoms with Crippen molar-refractivity contribution in [3.05, 3.63) is 52.0 Å². The van der Waals surface area contributed by atoms with E-state index in [0.717, 1.165) is 16.6 Å². The van der Waals surface area contributed by atoms with E-state index in [1.807, 2.05) is 0 Å². The monoisotopic (exact) mass is 511 g/mol. The summed E-state index contributed by atoms with van der Waals surface area (Å²) >= 11 is 2.16. The van der Waals surface area contributed by atoms with E-state index in [1.54, 1.807) is 30.3 Å². The van der Waals surface area contributed by atoms with E-state index in [-0.39, 0.29) is 28.6 Å². The minimum atomic E-state index is -4.70. The van der Waals surface area contributed by atoms with E-state index < -0.39 is 30.1 Å². The third kappa shape index (κ3) is 4.81. The molecule has 1 aromatic carbocycles. The number of fused-ring (bicyclic) bond motifs is 1. The zero-order valence-electron chi connectivity index (χ0n) is 18.0. The fourth-order valence-electron chi connectivity index (χ4n) is 3.79. The molecular weight excluding hydrogens is 491 g/mol. The molecule has 1 unspecified atom stereocenters. The van der Waals surface area contributed by atoms with Crippen LogP contribution in [0.1, 0.15) is 26.8 Å². The average molecular weight is 512 g/mol. The number of para-hydroxylation sites is 1. The molecule has 1 fully saturated rings. The predicted octanol–water partition coefficient (Wildman–Crippen LogP) is 3.75. The summed E-state index contributed by atoms with van der Waals surface area (Å²) in [6.45, 7) is 0.102. The molecule has 2 aromatic heterocycles. The van der Waals surface area contributed by atoms with Crippen LogP contribution in [0.2, 0.25) is 0 Å². The SMILES string of the molecule is COC1(c2ccc(C(=O)CSc3nc(C(F)(F)F)nc4ccccc34)s2)CCN(C(=O)CO)C1. The van der Waals surface area contributed by atoms with Gasteiger partial charge < -0.3 is 14.7 Å². The summed E-state index contributed by atoms with van der Waals surface area (Å²) in [5.74, 6) is -2.00. The van der Waals surface area contributed by atoms with Gasteiger partial charge in [-0.2, -0.15) is 13.2 Å². The maximum Gasteiger partial charge on any atom is 0.451 e. The number of hydrogen-bond donors (Lipinski definition) is 1. The lowest BCUT2D eigenvalue weighted by molar-refractivity contribution is -0.145. The number of carbonyl (C=O) groups is 2. The van der Waals surface area contributed by atoms with Crippen LogP contribution in [0.4, 0.5) is 13.2 Å². The van der Waals surface area contributed by atoms with Crippen LogP contribution in [0.5, 0.6) is 0 Å². The van der Waals surface area contributed by atoms with Gasteiger partial charge in [0.2, 0.25) is 11.7 Å². The number of Topliss-reactive ketones (excluding diaryl/α,β-unsaturated/α-hetero) is 1. The summed E-state index contributed by atoms with van der Waals surface area (Å²) in [4.78, 5) is 34.7. The Balaban J connectivity index is 1.52. The van der Waals surface area contributed by atoms with Gasteiger partial charge in [-0.25, -0.2) is 9.97 Å². The highest BCUT2D eigenvalue weighted by Crippen LogP contribution is 2.40. The molecule has 3 heterocycles. The number of ether oxygens (including phenoxy) is 1. The normalized spacial score (nSPS) is 18.6. The second kappa shape index (κ2) is 9.61. The van der Waals surface area contributed by atoms with E-state index in [4.69, 9.17) is 9.84 Å². The van der Waals surface area contributed by atoms with Gasteiger partial charge in [-0.3, -0.25) is 9.59 Å². The Labute approximate surface area is 201 Å². The first-order valence-electron chi connectivity index (χ1n) is 10.2.